The van der Waals surface area contributed by atoms with Gasteiger partial charge in [-0.15, -0.1) is 0 Å². The van der Waals surface area contributed by atoms with Crippen LogP contribution in [0.3, 0.4) is 0 Å². The summed E-state index contributed by atoms with van der Waals surface area (Å²) in [6.45, 7) is 0. The minimum atomic E-state index is -2.99. The number of aromatic nitrogens is 2. The summed E-state index contributed by atoms with van der Waals surface area (Å²) in [5, 5.41) is 5.68. The number of rotatable bonds is 4. The highest BCUT2D eigenvalue weighted by Gasteiger charge is 2.27. The van der Waals surface area contributed by atoms with E-state index in [0.717, 1.165) is 12.1 Å². The summed E-state index contributed by atoms with van der Waals surface area (Å²) in [5.74, 6) is -0.650. The second-order valence-corrected chi connectivity index (χ2v) is 7.49. The Morgan fingerprint density at radius 1 is 1.22 bits per heavy atom. The van der Waals surface area contributed by atoms with Crippen molar-refractivity contribution in [2.45, 2.75) is 12.5 Å². The summed E-state index contributed by atoms with van der Waals surface area (Å²) in [5.41, 5.74) is 0.0481. The van der Waals surface area contributed by atoms with Crippen LogP contribution in [-0.2, 0) is 9.84 Å². The van der Waals surface area contributed by atoms with E-state index in [0.29, 0.717) is 12.2 Å². The highest BCUT2D eigenvalue weighted by Crippen LogP contribution is 2.20. The van der Waals surface area contributed by atoms with E-state index in [1.165, 1.54) is 12.3 Å². The van der Waals surface area contributed by atoms with E-state index in [-0.39, 0.29) is 29.2 Å². The molecule has 1 fully saturated rings. The summed E-state index contributed by atoms with van der Waals surface area (Å²) in [6.07, 6.45) is 1.98. The van der Waals surface area contributed by atoms with Crippen molar-refractivity contribution in [3.8, 4) is 0 Å². The van der Waals surface area contributed by atoms with Crippen LogP contribution >= 0.6 is 0 Å². The first kappa shape index (κ1) is 15.6. The van der Waals surface area contributed by atoms with Gasteiger partial charge in [0.25, 0.3) is 0 Å². The maximum absolute atomic E-state index is 13.6. The lowest BCUT2D eigenvalue weighted by molar-refractivity contribution is 0.586. The van der Waals surface area contributed by atoms with Crippen LogP contribution in [-0.4, -0.2) is 35.9 Å². The van der Waals surface area contributed by atoms with Crippen LogP contribution in [0.4, 0.5) is 26.2 Å². The first-order chi connectivity index (χ1) is 10.9. The topological polar surface area (TPSA) is 84.0 Å². The number of nitrogens with zero attached hydrogens (tertiary/aromatic N) is 2. The fourth-order valence-electron chi connectivity index (χ4n) is 2.33. The zero-order valence-corrected chi connectivity index (χ0v) is 12.8. The molecule has 0 aliphatic carbocycles. The Balaban J connectivity index is 1.72. The Morgan fingerprint density at radius 2 is 2.04 bits per heavy atom. The first-order valence-corrected chi connectivity index (χ1v) is 8.75. The van der Waals surface area contributed by atoms with Crippen LogP contribution in [0, 0.1) is 11.6 Å². The molecule has 3 rings (SSSR count). The number of nitrogens with one attached hydrogen (secondary N) is 2. The standard InChI is InChI=1S/C14H14F2N4O2S/c15-9-1-2-12(11(16)7-9)19-14-17-5-3-13(20-14)18-10-4-6-23(21,22)8-10/h1-3,5,7,10H,4,6,8H2,(H2,17,18,19,20). The fourth-order valence-corrected chi connectivity index (χ4v) is 4.00. The Hall–Kier alpha value is -2.29. The molecule has 9 heteroatoms. The van der Waals surface area contributed by atoms with E-state index in [4.69, 9.17) is 0 Å². The van der Waals surface area contributed by atoms with Crippen LogP contribution in [0.5, 0.6) is 0 Å². The van der Waals surface area contributed by atoms with Gasteiger partial charge in [-0.3, -0.25) is 0 Å². The molecular weight excluding hydrogens is 326 g/mol. The number of halogens is 2. The molecular formula is C14H14F2N4O2S. The van der Waals surface area contributed by atoms with Crippen molar-refractivity contribution in [3.63, 3.8) is 0 Å². The smallest absolute Gasteiger partial charge is 0.229 e. The molecule has 122 valence electrons. The molecule has 2 aromatic rings. The second kappa shape index (κ2) is 6.07. The van der Waals surface area contributed by atoms with E-state index >= 15 is 0 Å². The van der Waals surface area contributed by atoms with E-state index in [9.17, 15) is 17.2 Å². The van der Waals surface area contributed by atoms with E-state index in [2.05, 4.69) is 20.6 Å². The molecule has 0 spiro atoms. The molecule has 0 saturated carbocycles. The van der Waals surface area contributed by atoms with Crippen molar-refractivity contribution < 1.29 is 17.2 Å². The highest BCUT2D eigenvalue weighted by molar-refractivity contribution is 7.91. The minimum Gasteiger partial charge on any atom is -0.366 e. The summed E-state index contributed by atoms with van der Waals surface area (Å²) >= 11 is 0. The summed E-state index contributed by atoms with van der Waals surface area (Å²) in [7, 11) is -2.99. The van der Waals surface area contributed by atoms with Gasteiger partial charge in [0.05, 0.1) is 17.2 Å². The second-order valence-electron chi connectivity index (χ2n) is 5.26. The van der Waals surface area contributed by atoms with Crippen molar-refractivity contribution >= 4 is 27.3 Å². The predicted octanol–water partition coefficient (Wildman–Crippen LogP) is 2.10. The van der Waals surface area contributed by atoms with Gasteiger partial charge in [-0.25, -0.2) is 22.2 Å². The lowest BCUT2D eigenvalue weighted by atomic mass is 10.2. The third kappa shape index (κ3) is 3.92. The molecule has 1 aliphatic rings. The normalized spacial score (nSPS) is 19.5. The maximum Gasteiger partial charge on any atom is 0.229 e. The van der Waals surface area contributed by atoms with Crippen molar-refractivity contribution in [2.75, 3.05) is 22.1 Å². The van der Waals surface area contributed by atoms with Crippen molar-refractivity contribution in [1.82, 2.24) is 9.97 Å². The molecule has 2 N–H and O–H groups in total. The molecule has 1 aromatic carbocycles. The zero-order valence-electron chi connectivity index (χ0n) is 12.0. The van der Waals surface area contributed by atoms with Gasteiger partial charge in [0, 0.05) is 18.3 Å². The molecule has 2 heterocycles. The molecule has 1 saturated heterocycles. The minimum absolute atomic E-state index is 0.0481. The third-order valence-electron chi connectivity index (χ3n) is 3.42. The van der Waals surface area contributed by atoms with Gasteiger partial charge in [-0.05, 0) is 24.6 Å². The molecule has 6 nitrogen and oxygen atoms in total. The zero-order chi connectivity index (χ0) is 16.4. The van der Waals surface area contributed by atoms with Crippen LogP contribution in [0.1, 0.15) is 6.42 Å². The average Bonchev–Trinajstić information content (AvgIpc) is 2.81. The molecule has 1 aromatic heterocycles. The molecule has 1 aliphatic heterocycles. The fraction of sp³-hybridized carbons (Fsp3) is 0.286. The summed E-state index contributed by atoms with van der Waals surface area (Å²) in [4.78, 5) is 8.11. The first-order valence-electron chi connectivity index (χ1n) is 6.93. The van der Waals surface area contributed by atoms with Gasteiger partial charge >= 0.3 is 0 Å². The lowest BCUT2D eigenvalue weighted by Crippen LogP contribution is -2.21. The molecule has 0 amide bonds. The van der Waals surface area contributed by atoms with E-state index in [1.807, 2.05) is 0 Å². The van der Waals surface area contributed by atoms with Crippen LogP contribution in [0.25, 0.3) is 0 Å². The van der Waals surface area contributed by atoms with Gasteiger partial charge < -0.3 is 10.6 Å². The third-order valence-corrected chi connectivity index (χ3v) is 5.19. The number of hydrogen-bond acceptors (Lipinski definition) is 6. The van der Waals surface area contributed by atoms with E-state index < -0.39 is 21.5 Å². The quantitative estimate of drug-likeness (QED) is 0.887. The Morgan fingerprint density at radius 3 is 2.74 bits per heavy atom. The molecule has 1 unspecified atom stereocenters. The number of hydrogen-bond donors (Lipinski definition) is 2. The Bertz CT molecular complexity index is 829. The summed E-state index contributed by atoms with van der Waals surface area (Å²) < 4.78 is 49.4. The average molecular weight is 340 g/mol. The molecule has 1 atom stereocenters. The largest absolute Gasteiger partial charge is 0.366 e. The Labute approximate surface area is 131 Å². The van der Waals surface area contributed by atoms with Crippen molar-refractivity contribution in [3.05, 3.63) is 42.1 Å². The highest BCUT2D eigenvalue weighted by atomic mass is 32.2. The Kier molecular flexibility index (Phi) is 4.12. The molecule has 0 bridgehead atoms. The molecule has 23 heavy (non-hydrogen) atoms. The van der Waals surface area contributed by atoms with Gasteiger partial charge in [0.2, 0.25) is 5.95 Å². The SMILES string of the molecule is O=S1(=O)CCC(Nc2ccnc(Nc3ccc(F)cc3F)n2)C1. The van der Waals surface area contributed by atoms with Gasteiger partial charge in [-0.1, -0.05) is 0 Å². The monoisotopic (exact) mass is 340 g/mol. The predicted molar refractivity (Wildman–Crippen MR) is 82.4 cm³/mol. The van der Waals surface area contributed by atoms with Gasteiger partial charge in [0.15, 0.2) is 9.84 Å². The van der Waals surface area contributed by atoms with Gasteiger partial charge in [0.1, 0.15) is 17.5 Å². The van der Waals surface area contributed by atoms with Gasteiger partial charge in [-0.2, -0.15) is 4.98 Å². The lowest BCUT2D eigenvalue weighted by Gasteiger charge is -2.12. The summed E-state index contributed by atoms with van der Waals surface area (Å²) in [6, 6.07) is 4.52. The number of anilines is 3. The van der Waals surface area contributed by atoms with Crippen LogP contribution in [0.15, 0.2) is 30.5 Å². The van der Waals surface area contributed by atoms with E-state index in [1.54, 1.807) is 6.07 Å². The van der Waals surface area contributed by atoms with Crippen LogP contribution < -0.4 is 10.6 Å². The number of benzene rings is 1. The molecule has 0 radical (unpaired) electrons. The van der Waals surface area contributed by atoms with Crippen molar-refractivity contribution in [1.29, 1.82) is 0 Å². The number of sulfone groups is 1. The van der Waals surface area contributed by atoms with Crippen molar-refractivity contribution in [2.24, 2.45) is 0 Å². The van der Waals surface area contributed by atoms with Crippen LogP contribution in [0.2, 0.25) is 0 Å². The maximum atomic E-state index is 13.6.